The van der Waals surface area contributed by atoms with Crippen LogP contribution in [0.1, 0.15) is 5.56 Å². The molecular formula is C12H11FN4O3. The number of rotatable bonds is 4. The molecule has 1 aromatic heterocycles. The van der Waals surface area contributed by atoms with Gasteiger partial charge in [0.15, 0.2) is 11.6 Å². The third-order valence-electron chi connectivity index (χ3n) is 2.57. The Morgan fingerprint density at radius 3 is 2.80 bits per heavy atom. The number of nitrogens with one attached hydrogen (secondary N) is 1. The molecule has 1 heterocycles. The molecule has 0 unspecified atom stereocenters. The van der Waals surface area contributed by atoms with Crippen molar-refractivity contribution < 1.29 is 14.1 Å². The maximum atomic E-state index is 13.8. The molecule has 7 nitrogen and oxygen atoms in total. The molecule has 20 heavy (non-hydrogen) atoms. The number of hydrogen-bond acceptors (Lipinski definition) is 6. The molecule has 0 bridgehead atoms. The highest BCUT2D eigenvalue weighted by Crippen LogP contribution is 2.34. The van der Waals surface area contributed by atoms with Crippen molar-refractivity contribution in [2.75, 3.05) is 12.4 Å². The molecular weight excluding hydrogens is 267 g/mol. The molecule has 0 atom stereocenters. The number of halogens is 1. The van der Waals surface area contributed by atoms with Crippen LogP contribution in [-0.2, 0) is 0 Å². The van der Waals surface area contributed by atoms with Gasteiger partial charge in [0.25, 0.3) is 0 Å². The van der Waals surface area contributed by atoms with Crippen LogP contribution in [0.5, 0.6) is 11.6 Å². The number of nitrogens with zero attached hydrogens (tertiary/aromatic N) is 3. The zero-order chi connectivity index (χ0) is 14.7. The Morgan fingerprint density at radius 1 is 1.40 bits per heavy atom. The molecule has 2 rings (SSSR count). The van der Waals surface area contributed by atoms with Crippen molar-refractivity contribution in [3.05, 3.63) is 46.0 Å². The summed E-state index contributed by atoms with van der Waals surface area (Å²) in [5.41, 5.74) is -0.0797. The van der Waals surface area contributed by atoms with Gasteiger partial charge in [-0.25, -0.2) is 9.37 Å². The number of aromatic nitrogens is 2. The second-order valence-corrected chi connectivity index (χ2v) is 3.87. The Morgan fingerprint density at radius 2 is 2.15 bits per heavy atom. The minimum Gasteiger partial charge on any atom is -0.430 e. The third kappa shape index (κ3) is 2.48. The van der Waals surface area contributed by atoms with E-state index in [1.807, 2.05) is 0 Å². The summed E-state index contributed by atoms with van der Waals surface area (Å²) in [6.07, 6.45) is 1.10. The first kappa shape index (κ1) is 13.7. The largest absolute Gasteiger partial charge is 0.430 e. The monoisotopic (exact) mass is 278 g/mol. The van der Waals surface area contributed by atoms with E-state index in [-0.39, 0.29) is 17.4 Å². The second kappa shape index (κ2) is 5.47. The van der Waals surface area contributed by atoms with Crippen molar-refractivity contribution in [1.82, 2.24) is 9.97 Å². The van der Waals surface area contributed by atoms with E-state index >= 15 is 0 Å². The van der Waals surface area contributed by atoms with Crippen LogP contribution in [0.4, 0.5) is 15.9 Å². The predicted octanol–water partition coefficient (Wildman–Crippen LogP) is 2.67. The Bertz CT molecular complexity index is 663. The van der Waals surface area contributed by atoms with Crippen LogP contribution in [0.2, 0.25) is 0 Å². The molecule has 0 aliphatic carbocycles. The van der Waals surface area contributed by atoms with Crippen molar-refractivity contribution in [2.45, 2.75) is 6.92 Å². The van der Waals surface area contributed by atoms with Gasteiger partial charge in [-0.1, -0.05) is 12.1 Å². The van der Waals surface area contributed by atoms with Crippen LogP contribution >= 0.6 is 0 Å². The summed E-state index contributed by atoms with van der Waals surface area (Å²) in [7, 11) is 1.48. The third-order valence-corrected chi connectivity index (χ3v) is 2.57. The number of hydrogen-bond donors (Lipinski definition) is 1. The summed E-state index contributed by atoms with van der Waals surface area (Å²) in [4.78, 5) is 17.8. The lowest BCUT2D eigenvalue weighted by Crippen LogP contribution is -2.03. The molecule has 0 fully saturated rings. The normalized spacial score (nSPS) is 10.2. The van der Waals surface area contributed by atoms with Crippen molar-refractivity contribution in [2.24, 2.45) is 0 Å². The summed E-state index contributed by atoms with van der Waals surface area (Å²) in [6.45, 7) is 1.57. The first-order valence-corrected chi connectivity index (χ1v) is 5.64. The van der Waals surface area contributed by atoms with Crippen molar-refractivity contribution in [3.8, 4) is 11.6 Å². The lowest BCUT2D eigenvalue weighted by atomic mass is 10.2. The summed E-state index contributed by atoms with van der Waals surface area (Å²) in [5, 5.41) is 13.6. The van der Waals surface area contributed by atoms with Gasteiger partial charge in [-0.15, -0.1) is 0 Å². The van der Waals surface area contributed by atoms with Crippen LogP contribution in [0, 0.1) is 22.9 Å². The van der Waals surface area contributed by atoms with Gasteiger partial charge in [0, 0.05) is 7.05 Å². The maximum absolute atomic E-state index is 13.8. The van der Waals surface area contributed by atoms with Gasteiger partial charge >= 0.3 is 11.6 Å². The molecule has 1 aromatic carbocycles. The highest BCUT2D eigenvalue weighted by Gasteiger charge is 2.25. The van der Waals surface area contributed by atoms with Gasteiger partial charge in [0.05, 0.1) is 4.92 Å². The number of nitro groups is 1. The first-order chi connectivity index (χ1) is 9.54. The lowest BCUT2D eigenvalue weighted by molar-refractivity contribution is -0.385. The minimum atomic E-state index is -0.686. The van der Waals surface area contributed by atoms with Crippen molar-refractivity contribution >= 4 is 11.5 Å². The maximum Gasteiger partial charge on any atom is 0.373 e. The van der Waals surface area contributed by atoms with Gasteiger partial charge in [-0.05, 0) is 18.6 Å². The zero-order valence-corrected chi connectivity index (χ0v) is 10.8. The highest BCUT2D eigenvalue weighted by atomic mass is 19.1. The SMILES string of the molecule is CNc1ncnc(Oc2cccc(C)c2F)c1[N+](=O)[O-]. The van der Waals surface area contributed by atoms with E-state index in [1.54, 1.807) is 19.1 Å². The highest BCUT2D eigenvalue weighted by molar-refractivity contribution is 5.61. The standard InChI is InChI=1S/C12H11FN4O3/c1-7-4-3-5-8(9(7)13)20-12-10(17(18)19)11(14-2)15-6-16-12/h3-6H,1-2H3,(H,14,15,16). The van der Waals surface area contributed by atoms with Crippen LogP contribution in [0.15, 0.2) is 24.5 Å². The molecule has 0 aliphatic heterocycles. The summed E-state index contributed by atoms with van der Waals surface area (Å²) in [6, 6.07) is 4.52. The van der Waals surface area contributed by atoms with Gasteiger partial charge < -0.3 is 10.1 Å². The average Bonchev–Trinajstić information content (AvgIpc) is 2.43. The van der Waals surface area contributed by atoms with E-state index in [0.29, 0.717) is 5.56 Å². The second-order valence-electron chi connectivity index (χ2n) is 3.87. The Balaban J connectivity index is 2.48. The molecule has 104 valence electrons. The summed E-state index contributed by atoms with van der Waals surface area (Å²) in [5.74, 6) is -1.05. The Hall–Kier alpha value is -2.77. The number of benzene rings is 1. The Kier molecular flexibility index (Phi) is 3.74. The smallest absolute Gasteiger partial charge is 0.373 e. The molecule has 1 N–H and O–H groups in total. The molecule has 0 radical (unpaired) electrons. The van der Waals surface area contributed by atoms with E-state index in [2.05, 4.69) is 15.3 Å². The molecule has 2 aromatic rings. The first-order valence-electron chi connectivity index (χ1n) is 5.64. The quantitative estimate of drug-likeness (QED) is 0.683. The summed E-state index contributed by atoms with van der Waals surface area (Å²) >= 11 is 0. The molecule has 0 amide bonds. The fourth-order valence-corrected chi connectivity index (χ4v) is 1.59. The number of anilines is 1. The van der Waals surface area contributed by atoms with Crippen molar-refractivity contribution in [1.29, 1.82) is 0 Å². The number of ether oxygens (including phenoxy) is 1. The minimum absolute atomic E-state index is 0.00642. The van der Waals surface area contributed by atoms with Crippen molar-refractivity contribution in [3.63, 3.8) is 0 Å². The molecule has 0 aliphatic rings. The van der Waals surface area contributed by atoms with E-state index < -0.39 is 16.4 Å². The zero-order valence-electron chi connectivity index (χ0n) is 10.8. The van der Waals surface area contributed by atoms with Crippen LogP contribution in [0.25, 0.3) is 0 Å². The van der Waals surface area contributed by atoms with Crippen LogP contribution < -0.4 is 10.1 Å². The van der Waals surface area contributed by atoms with Gasteiger partial charge in [0.2, 0.25) is 5.82 Å². The predicted molar refractivity (Wildman–Crippen MR) is 69.4 cm³/mol. The molecule has 0 saturated heterocycles. The fraction of sp³-hybridized carbons (Fsp3) is 0.167. The molecule has 0 saturated carbocycles. The van der Waals surface area contributed by atoms with Gasteiger partial charge in [0.1, 0.15) is 6.33 Å². The van der Waals surface area contributed by atoms with Crippen LogP contribution in [-0.4, -0.2) is 21.9 Å². The van der Waals surface area contributed by atoms with E-state index in [1.165, 1.54) is 13.1 Å². The molecule has 0 spiro atoms. The fourth-order valence-electron chi connectivity index (χ4n) is 1.59. The van der Waals surface area contributed by atoms with E-state index in [4.69, 9.17) is 4.74 Å². The van der Waals surface area contributed by atoms with E-state index in [0.717, 1.165) is 6.33 Å². The average molecular weight is 278 g/mol. The number of aryl methyl sites for hydroxylation is 1. The van der Waals surface area contributed by atoms with Gasteiger partial charge in [-0.2, -0.15) is 4.98 Å². The van der Waals surface area contributed by atoms with Gasteiger partial charge in [-0.3, -0.25) is 10.1 Å². The van der Waals surface area contributed by atoms with E-state index in [9.17, 15) is 14.5 Å². The summed E-state index contributed by atoms with van der Waals surface area (Å²) < 4.78 is 19.1. The lowest BCUT2D eigenvalue weighted by Gasteiger charge is -2.08. The molecule has 8 heteroatoms. The Labute approximate surface area is 113 Å². The topological polar surface area (TPSA) is 90.2 Å². The van der Waals surface area contributed by atoms with Crippen LogP contribution in [0.3, 0.4) is 0 Å².